The van der Waals surface area contributed by atoms with Gasteiger partial charge in [0.25, 0.3) is 0 Å². The fourth-order valence-electron chi connectivity index (χ4n) is 3.14. The molecule has 2 heterocycles. The number of aryl methyl sites for hydroxylation is 1. The van der Waals surface area contributed by atoms with Crippen molar-refractivity contribution in [1.82, 2.24) is 20.4 Å². The Morgan fingerprint density at radius 1 is 1.30 bits per heavy atom. The van der Waals surface area contributed by atoms with Crippen molar-refractivity contribution in [3.05, 3.63) is 40.7 Å². The van der Waals surface area contributed by atoms with Gasteiger partial charge in [-0.15, -0.1) is 0 Å². The normalized spacial score (nSPS) is 14.1. The number of nitrogens with one attached hydrogen (secondary N) is 2. The second-order valence-corrected chi connectivity index (χ2v) is 7.30. The summed E-state index contributed by atoms with van der Waals surface area (Å²) in [5.41, 5.74) is 1.95. The van der Waals surface area contributed by atoms with Gasteiger partial charge >= 0.3 is 6.03 Å². The van der Waals surface area contributed by atoms with E-state index in [0.29, 0.717) is 48.7 Å². The summed E-state index contributed by atoms with van der Waals surface area (Å²) < 4.78 is 12.9. The molecule has 7 nitrogen and oxygen atoms in total. The Labute approximate surface area is 164 Å². The van der Waals surface area contributed by atoms with Crippen LogP contribution in [0.2, 0.25) is 5.02 Å². The van der Waals surface area contributed by atoms with Crippen molar-refractivity contribution in [2.45, 2.75) is 26.3 Å². The number of fused-ring (bicyclic) bond motifs is 1. The minimum atomic E-state index is -0.228. The van der Waals surface area contributed by atoms with E-state index in [2.05, 4.69) is 29.6 Å². The Kier molecular flexibility index (Phi) is 6.11. The van der Waals surface area contributed by atoms with Gasteiger partial charge in [-0.05, 0) is 29.7 Å². The van der Waals surface area contributed by atoms with Gasteiger partial charge in [-0.2, -0.15) is 5.10 Å². The summed E-state index contributed by atoms with van der Waals surface area (Å²) in [5.74, 6) is 1.73. The molecule has 8 heteroatoms. The molecule has 0 bridgehead atoms. The van der Waals surface area contributed by atoms with Crippen molar-refractivity contribution < 1.29 is 14.3 Å². The molecule has 1 aliphatic rings. The van der Waals surface area contributed by atoms with Crippen LogP contribution >= 0.6 is 11.6 Å². The first-order valence-corrected chi connectivity index (χ1v) is 9.41. The second kappa shape index (κ2) is 8.52. The summed E-state index contributed by atoms with van der Waals surface area (Å²) in [6, 6.07) is 5.38. The highest BCUT2D eigenvalue weighted by atomic mass is 35.5. The zero-order valence-electron chi connectivity index (χ0n) is 15.8. The summed E-state index contributed by atoms with van der Waals surface area (Å²) in [5, 5.41) is 10.5. The van der Waals surface area contributed by atoms with E-state index in [0.717, 1.165) is 11.3 Å². The van der Waals surface area contributed by atoms with Crippen molar-refractivity contribution in [2.24, 2.45) is 13.0 Å². The van der Waals surface area contributed by atoms with E-state index in [1.54, 1.807) is 12.3 Å². The zero-order chi connectivity index (χ0) is 19.4. The fourth-order valence-corrected chi connectivity index (χ4v) is 3.43. The smallest absolute Gasteiger partial charge is 0.315 e. The highest BCUT2D eigenvalue weighted by Crippen LogP contribution is 2.38. The molecule has 0 fully saturated rings. The number of ether oxygens (including phenoxy) is 2. The van der Waals surface area contributed by atoms with Gasteiger partial charge in [0.05, 0.1) is 5.02 Å². The van der Waals surface area contributed by atoms with Crippen molar-refractivity contribution in [2.75, 3.05) is 19.8 Å². The third-order valence-electron chi connectivity index (χ3n) is 4.64. The molecule has 146 valence electrons. The van der Waals surface area contributed by atoms with Gasteiger partial charge in [0.2, 0.25) is 0 Å². The highest BCUT2D eigenvalue weighted by Gasteiger charge is 2.20. The average molecular weight is 393 g/mol. The Morgan fingerprint density at radius 3 is 2.78 bits per heavy atom. The summed E-state index contributed by atoms with van der Waals surface area (Å²) in [6.45, 7) is 6.12. The highest BCUT2D eigenvalue weighted by molar-refractivity contribution is 6.32. The van der Waals surface area contributed by atoms with E-state index in [1.807, 2.05) is 23.9 Å². The molecule has 1 aliphatic heterocycles. The first kappa shape index (κ1) is 19.4. The summed E-state index contributed by atoms with van der Waals surface area (Å²) in [7, 11) is 1.91. The molecule has 2 amide bonds. The maximum atomic E-state index is 12.2. The number of hydrogen-bond donors (Lipinski definition) is 2. The molecule has 27 heavy (non-hydrogen) atoms. The largest absolute Gasteiger partial charge is 0.486 e. The molecule has 0 saturated carbocycles. The van der Waals surface area contributed by atoms with Crippen LogP contribution in [0.3, 0.4) is 0 Å². The van der Waals surface area contributed by atoms with Crippen LogP contribution < -0.4 is 20.1 Å². The molecule has 3 rings (SSSR count). The number of hydrogen-bond acceptors (Lipinski definition) is 4. The van der Waals surface area contributed by atoms with Crippen LogP contribution in [0.5, 0.6) is 11.5 Å². The van der Waals surface area contributed by atoms with Gasteiger partial charge in [0.1, 0.15) is 13.2 Å². The van der Waals surface area contributed by atoms with Crippen LogP contribution in [0.1, 0.15) is 31.0 Å². The van der Waals surface area contributed by atoms with E-state index in [1.165, 1.54) is 0 Å². The molecule has 0 unspecified atom stereocenters. The minimum absolute atomic E-state index is 0.187. The molecule has 0 radical (unpaired) electrons. The molecule has 2 aromatic rings. The number of halogens is 1. The lowest BCUT2D eigenvalue weighted by Gasteiger charge is -2.22. The Hall–Kier alpha value is -2.41. The average Bonchev–Trinajstić information content (AvgIpc) is 3.06. The van der Waals surface area contributed by atoms with Gasteiger partial charge in [0, 0.05) is 37.9 Å². The van der Waals surface area contributed by atoms with Gasteiger partial charge in [-0.3, -0.25) is 4.68 Å². The topological polar surface area (TPSA) is 77.4 Å². The lowest BCUT2D eigenvalue weighted by molar-refractivity contribution is 0.171. The van der Waals surface area contributed by atoms with Crippen molar-refractivity contribution in [1.29, 1.82) is 0 Å². The fraction of sp³-hybridized carbons (Fsp3) is 0.474. The second-order valence-electron chi connectivity index (χ2n) is 6.90. The Bertz CT molecular complexity index is 806. The first-order chi connectivity index (χ1) is 13.0. The van der Waals surface area contributed by atoms with E-state index in [-0.39, 0.29) is 11.9 Å². The SMILES string of the molecule is CC(C)[C@@H](CNC(=O)NCc1cc(Cl)c2c(c1)OCCO2)c1ccnn1C. The lowest BCUT2D eigenvalue weighted by atomic mass is 9.92. The molecule has 0 saturated heterocycles. The first-order valence-electron chi connectivity index (χ1n) is 9.03. The maximum absolute atomic E-state index is 12.2. The van der Waals surface area contributed by atoms with Crippen LogP contribution in [0.25, 0.3) is 0 Å². The van der Waals surface area contributed by atoms with Crippen molar-refractivity contribution >= 4 is 17.6 Å². The van der Waals surface area contributed by atoms with Crippen LogP contribution in [0.4, 0.5) is 4.79 Å². The predicted molar refractivity (Wildman–Crippen MR) is 103 cm³/mol. The number of benzene rings is 1. The molecule has 1 atom stereocenters. The van der Waals surface area contributed by atoms with E-state index in [9.17, 15) is 4.79 Å². The van der Waals surface area contributed by atoms with E-state index >= 15 is 0 Å². The quantitative estimate of drug-likeness (QED) is 0.791. The minimum Gasteiger partial charge on any atom is -0.486 e. The van der Waals surface area contributed by atoms with Crippen molar-refractivity contribution in [3.63, 3.8) is 0 Å². The Morgan fingerprint density at radius 2 is 2.07 bits per heavy atom. The molecule has 0 aliphatic carbocycles. The van der Waals surface area contributed by atoms with Gasteiger partial charge < -0.3 is 20.1 Å². The predicted octanol–water partition coefficient (Wildman–Crippen LogP) is 3.08. The number of carbonyl (C=O) groups is 1. The molecular weight excluding hydrogens is 368 g/mol. The number of urea groups is 1. The van der Waals surface area contributed by atoms with Crippen LogP contribution in [0, 0.1) is 5.92 Å². The molecule has 1 aromatic heterocycles. The van der Waals surface area contributed by atoms with Crippen LogP contribution in [-0.2, 0) is 13.6 Å². The van der Waals surface area contributed by atoms with Gasteiger partial charge in [-0.25, -0.2) is 4.79 Å². The molecule has 2 N–H and O–H groups in total. The number of aromatic nitrogens is 2. The summed E-state index contributed by atoms with van der Waals surface area (Å²) >= 11 is 6.23. The molecule has 1 aromatic carbocycles. The maximum Gasteiger partial charge on any atom is 0.315 e. The standard InChI is InChI=1S/C19H25ClN4O3/c1-12(2)14(16-4-5-23-24(16)3)11-22-19(25)21-10-13-8-15(20)18-17(9-13)26-6-7-27-18/h4-5,8-9,12,14H,6-7,10-11H2,1-3H3,(H2,21,22,25)/t14-/m1/s1. The van der Waals surface area contributed by atoms with E-state index in [4.69, 9.17) is 21.1 Å². The van der Waals surface area contributed by atoms with Gasteiger partial charge in [0.15, 0.2) is 11.5 Å². The number of rotatable bonds is 6. The lowest BCUT2D eigenvalue weighted by Crippen LogP contribution is -2.38. The zero-order valence-corrected chi connectivity index (χ0v) is 16.5. The third kappa shape index (κ3) is 4.66. The van der Waals surface area contributed by atoms with E-state index < -0.39 is 0 Å². The van der Waals surface area contributed by atoms with Gasteiger partial charge in [-0.1, -0.05) is 25.4 Å². The molecular formula is C19H25ClN4O3. The Balaban J connectivity index is 1.55. The third-order valence-corrected chi connectivity index (χ3v) is 4.92. The van der Waals surface area contributed by atoms with Crippen LogP contribution in [-0.4, -0.2) is 35.6 Å². The summed E-state index contributed by atoms with van der Waals surface area (Å²) in [4.78, 5) is 12.2. The van der Waals surface area contributed by atoms with Crippen LogP contribution in [0.15, 0.2) is 24.4 Å². The molecule has 0 spiro atoms. The number of amides is 2. The number of nitrogens with zero attached hydrogens (tertiary/aromatic N) is 2. The monoisotopic (exact) mass is 392 g/mol. The number of carbonyl (C=O) groups excluding carboxylic acids is 1. The van der Waals surface area contributed by atoms with Crippen molar-refractivity contribution in [3.8, 4) is 11.5 Å². The summed E-state index contributed by atoms with van der Waals surface area (Å²) in [6.07, 6.45) is 1.77.